The highest BCUT2D eigenvalue weighted by molar-refractivity contribution is 5.85. The molecule has 1 aliphatic heterocycles. The molecule has 0 aromatic heterocycles. The molecular formula is C16H23ClFN3O2. The van der Waals surface area contributed by atoms with Gasteiger partial charge in [-0.25, -0.2) is 4.39 Å². The van der Waals surface area contributed by atoms with Crippen molar-refractivity contribution in [2.75, 3.05) is 26.2 Å². The van der Waals surface area contributed by atoms with Crippen LogP contribution in [0.1, 0.15) is 18.9 Å². The number of carbonyl (C=O) groups excluding carboxylic acids is 2. The zero-order valence-corrected chi connectivity index (χ0v) is 14.0. The molecule has 1 aliphatic rings. The molecule has 128 valence electrons. The van der Waals surface area contributed by atoms with Crippen LogP contribution in [0.5, 0.6) is 0 Å². The SMILES string of the molecule is C[C@H](N)C(=O)N1CCCN(C(=O)Cc2cccc(F)c2)CC1.Cl. The Hall–Kier alpha value is -1.66. The first kappa shape index (κ1) is 19.4. The fourth-order valence-electron chi connectivity index (χ4n) is 2.61. The molecule has 1 saturated heterocycles. The number of rotatable bonds is 3. The van der Waals surface area contributed by atoms with Crippen molar-refractivity contribution in [3.8, 4) is 0 Å². The van der Waals surface area contributed by atoms with Crippen molar-refractivity contribution in [3.05, 3.63) is 35.6 Å². The summed E-state index contributed by atoms with van der Waals surface area (Å²) in [6, 6.07) is 5.56. The summed E-state index contributed by atoms with van der Waals surface area (Å²) >= 11 is 0. The Bertz CT molecular complexity index is 554. The predicted octanol–water partition coefficient (Wildman–Crippen LogP) is 1.20. The molecule has 2 N–H and O–H groups in total. The minimum absolute atomic E-state index is 0. The van der Waals surface area contributed by atoms with E-state index in [0.717, 1.165) is 6.42 Å². The lowest BCUT2D eigenvalue weighted by molar-refractivity contribution is -0.133. The standard InChI is InChI=1S/C16H22FN3O2.ClH/c1-12(18)16(22)20-7-3-6-19(8-9-20)15(21)11-13-4-2-5-14(17)10-13;/h2,4-5,10,12H,3,6-9,11,18H2,1H3;1H/t12-;/m0./s1. The van der Waals surface area contributed by atoms with E-state index in [1.165, 1.54) is 12.1 Å². The number of hydrogen-bond donors (Lipinski definition) is 1. The van der Waals surface area contributed by atoms with Gasteiger partial charge in [-0.15, -0.1) is 12.4 Å². The highest BCUT2D eigenvalue weighted by Crippen LogP contribution is 2.09. The van der Waals surface area contributed by atoms with Crippen molar-refractivity contribution in [1.29, 1.82) is 0 Å². The van der Waals surface area contributed by atoms with Gasteiger partial charge in [-0.1, -0.05) is 12.1 Å². The van der Waals surface area contributed by atoms with Crippen LogP contribution in [-0.4, -0.2) is 53.8 Å². The minimum atomic E-state index is -0.519. The van der Waals surface area contributed by atoms with E-state index in [0.29, 0.717) is 31.7 Å². The molecule has 1 aromatic carbocycles. The molecule has 0 unspecified atom stereocenters. The first-order valence-electron chi connectivity index (χ1n) is 7.54. The lowest BCUT2D eigenvalue weighted by Crippen LogP contribution is -2.44. The highest BCUT2D eigenvalue weighted by atomic mass is 35.5. The van der Waals surface area contributed by atoms with Gasteiger partial charge >= 0.3 is 0 Å². The molecule has 23 heavy (non-hydrogen) atoms. The zero-order valence-electron chi connectivity index (χ0n) is 13.2. The van der Waals surface area contributed by atoms with E-state index in [1.807, 2.05) is 0 Å². The first-order valence-corrected chi connectivity index (χ1v) is 7.54. The molecule has 2 rings (SSSR count). The summed E-state index contributed by atoms with van der Waals surface area (Å²) < 4.78 is 13.2. The molecule has 2 amide bonds. The number of carbonyl (C=O) groups is 2. The van der Waals surface area contributed by atoms with E-state index in [2.05, 4.69) is 0 Å². The Morgan fingerprint density at radius 1 is 1.22 bits per heavy atom. The van der Waals surface area contributed by atoms with E-state index in [4.69, 9.17) is 5.73 Å². The molecule has 0 spiro atoms. The van der Waals surface area contributed by atoms with E-state index in [9.17, 15) is 14.0 Å². The van der Waals surface area contributed by atoms with Gasteiger partial charge in [0.2, 0.25) is 11.8 Å². The lowest BCUT2D eigenvalue weighted by Gasteiger charge is -2.23. The number of amides is 2. The molecule has 1 aromatic rings. The largest absolute Gasteiger partial charge is 0.341 e. The van der Waals surface area contributed by atoms with Crippen molar-refractivity contribution in [1.82, 2.24) is 9.80 Å². The van der Waals surface area contributed by atoms with Crippen LogP contribution in [0.4, 0.5) is 4.39 Å². The van der Waals surface area contributed by atoms with Crippen molar-refractivity contribution in [2.45, 2.75) is 25.8 Å². The second kappa shape index (κ2) is 8.84. The highest BCUT2D eigenvalue weighted by Gasteiger charge is 2.23. The molecule has 7 heteroatoms. The molecular weight excluding hydrogens is 321 g/mol. The summed E-state index contributed by atoms with van der Waals surface area (Å²) in [5.41, 5.74) is 6.29. The molecule has 0 saturated carbocycles. The van der Waals surface area contributed by atoms with Crippen LogP contribution in [0.2, 0.25) is 0 Å². The predicted molar refractivity (Wildman–Crippen MR) is 88.8 cm³/mol. The molecule has 1 atom stereocenters. The van der Waals surface area contributed by atoms with Gasteiger partial charge < -0.3 is 15.5 Å². The number of hydrogen-bond acceptors (Lipinski definition) is 3. The summed E-state index contributed by atoms with van der Waals surface area (Å²) in [4.78, 5) is 27.7. The molecule has 1 fully saturated rings. The van der Waals surface area contributed by atoms with Crippen LogP contribution in [0, 0.1) is 5.82 Å². The quantitative estimate of drug-likeness (QED) is 0.896. The van der Waals surface area contributed by atoms with E-state index in [1.54, 1.807) is 28.9 Å². The maximum absolute atomic E-state index is 13.2. The third-order valence-corrected chi connectivity index (χ3v) is 3.79. The van der Waals surface area contributed by atoms with E-state index < -0.39 is 6.04 Å². The van der Waals surface area contributed by atoms with Gasteiger partial charge in [0.05, 0.1) is 12.5 Å². The third kappa shape index (κ3) is 5.48. The summed E-state index contributed by atoms with van der Waals surface area (Å²) in [5, 5.41) is 0. The number of nitrogens with zero attached hydrogens (tertiary/aromatic N) is 2. The number of nitrogens with two attached hydrogens (primary N) is 1. The molecule has 0 radical (unpaired) electrons. The smallest absolute Gasteiger partial charge is 0.239 e. The van der Waals surface area contributed by atoms with Crippen LogP contribution in [0.15, 0.2) is 24.3 Å². The zero-order chi connectivity index (χ0) is 16.1. The molecule has 5 nitrogen and oxygen atoms in total. The Morgan fingerprint density at radius 3 is 2.52 bits per heavy atom. The van der Waals surface area contributed by atoms with Crippen LogP contribution >= 0.6 is 12.4 Å². The Morgan fingerprint density at radius 2 is 1.87 bits per heavy atom. The van der Waals surface area contributed by atoms with Crippen molar-refractivity contribution >= 4 is 24.2 Å². The maximum Gasteiger partial charge on any atom is 0.239 e. The van der Waals surface area contributed by atoms with Gasteiger partial charge in [-0.3, -0.25) is 9.59 Å². The summed E-state index contributed by atoms with van der Waals surface area (Å²) in [5.74, 6) is -0.463. The van der Waals surface area contributed by atoms with E-state index in [-0.39, 0.29) is 36.5 Å². The van der Waals surface area contributed by atoms with Crippen molar-refractivity contribution in [3.63, 3.8) is 0 Å². The summed E-state index contributed by atoms with van der Waals surface area (Å²) in [6.07, 6.45) is 0.909. The average molecular weight is 344 g/mol. The molecule has 0 aliphatic carbocycles. The van der Waals surface area contributed by atoms with Gasteiger partial charge in [0.1, 0.15) is 5.82 Å². The van der Waals surface area contributed by atoms with Crippen molar-refractivity contribution < 1.29 is 14.0 Å². The monoisotopic (exact) mass is 343 g/mol. The Kier molecular flexibility index (Phi) is 7.45. The van der Waals surface area contributed by atoms with Crippen LogP contribution in [-0.2, 0) is 16.0 Å². The minimum Gasteiger partial charge on any atom is -0.341 e. The van der Waals surface area contributed by atoms with Gasteiger partial charge in [-0.2, -0.15) is 0 Å². The van der Waals surface area contributed by atoms with Gasteiger partial charge in [0.25, 0.3) is 0 Å². The third-order valence-electron chi connectivity index (χ3n) is 3.79. The van der Waals surface area contributed by atoms with Gasteiger partial charge in [0.15, 0.2) is 0 Å². The molecule has 1 heterocycles. The fourth-order valence-corrected chi connectivity index (χ4v) is 2.61. The fraction of sp³-hybridized carbons (Fsp3) is 0.500. The van der Waals surface area contributed by atoms with Gasteiger partial charge in [-0.05, 0) is 31.0 Å². The Labute approximate surface area is 142 Å². The van der Waals surface area contributed by atoms with E-state index >= 15 is 0 Å². The second-order valence-electron chi connectivity index (χ2n) is 5.65. The Balaban J connectivity index is 0.00000264. The lowest BCUT2D eigenvalue weighted by atomic mass is 10.1. The van der Waals surface area contributed by atoms with Crippen molar-refractivity contribution in [2.24, 2.45) is 5.73 Å². The number of halogens is 2. The van der Waals surface area contributed by atoms with Crippen LogP contribution in [0.3, 0.4) is 0 Å². The van der Waals surface area contributed by atoms with Gasteiger partial charge in [0, 0.05) is 26.2 Å². The number of benzene rings is 1. The van der Waals surface area contributed by atoms with Crippen LogP contribution < -0.4 is 5.73 Å². The topological polar surface area (TPSA) is 66.6 Å². The summed E-state index contributed by atoms with van der Waals surface area (Å²) in [7, 11) is 0. The normalized spacial score (nSPS) is 16.3. The average Bonchev–Trinajstić information content (AvgIpc) is 2.72. The van der Waals surface area contributed by atoms with Crippen LogP contribution in [0.25, 0.3) is 0 Å². The second-order valence-corrected chi connectivity index (χ2v) is 5.65. The first-order chi connectivity index (χ1) is 10.5. The molecule has 0 bridgehead atoms. The maximum atomic E-state index is 13.2. The summed E-state index contributed by atoms with van der Waals surface area (Å²) in [6.45, 7) is 3.88.